The first kappa shape index (κ1) is 18.6. The van der Waals surface area contributed by atoms with E-state index < -0.39 is 6.23 Å². The van der Waals surface area contributed by atoms with Gasteiger partial charge in [-0.15, -0.1) is 0 Å². The first-order valence-corrected chi connectivity index (χ1v) is 10.9. The van der Waals surface area contributed by atoms with Gasteiger partial charge in [0.15, 0.2) is 11.5 Å². The summed E-state index contributed by atoms with van der Waals surface area (Å²) in [7, 11) is 1.67. The highest BCUT2D eigenvalue weighted by molar-refractivity contribution is 9.10. The first-order chi connectivity index (χ1) is 15.2. The molecule has 0 saturated carbocycles. The van der Waals surface area contributed by atoms with E-state index in [1.54, 1.807) is 7.11 Å². The minimum absolute atomic E-state index is 0.0686. The monoisotopic (exact) mass is 478 g/mol. The number of ether oxygens (including phenoxy) is 4. The van der Waals surface area contributed by atoms with E-state index in [1.807, 2.05) is 59.6 Å². The van der Waals surface area contributed by atoms with Crippen LogP contribution in [-0.4, -0.2) is 24.6 Å². The number of fused-ring (bicyclic) bond motifs is 4. The molecule has 2 unspecified atom stereocenters. The largest absolute Gasteiger partial charge is 0.496 e. The normalized spacial score (nSPS) is 20.6. The standard InChI is InChI=1S/C24H19BrN2O4/c1-28-20-9-7-15(25)11-17(20)24-27-19(16-4-2-3-5-21(16)31-24)12-18(26-27)14-6-8-22-23(10-14)30-13-29-22/h2-11,19,24H,12-13H2,1H3. The van der Waals surface area contributed by atoms with Gasteiger partial charge in [-0.3, -0.25) is 0 Å². The van der Waals surface area contributed by atoms with Crippen LogP contribution in [0.4, 0.5) is 0 Å². The summed E-state index contributed by atoms with van der Waals surface area (Å²) < 4.78 is 24.1. The molecule has 31 heavy (non-hydrogen) atoms. The van der Waals surface area contributed by atoms with Crippen LogP contribution in [0.15, 0.2) is 70.2 Å². The maximum Gasteiger partial charge on any atom is 0.231 e. The average molecular weight is 479 g/mol. The van der Waals surface area contributed by atoms with E-state index in [-0.39, 0.29) is 12.8 Å². The molecule has 0 bridgehead atoms. The molecule has 3 aromatic carbocycles. The molecule has 6 nitrogen and oxygen atoms in total. The number of hydrazone groups is 1. The molecule has 0 amide bonds. The number of methoxy groups -OCH3 is 1. The predicted molar refractivity (Wildman–Crippen MR) is 119 cm³/mol. The fourth-order valence-corrected chi connectivity index (χ4v) is 4.77. The van der Waals surface area contributed by atoms with Crippen molar-refractivity contribution in [1.82, 2.24) is 5.01 Å². The molecule has 0 radical (unpaired) electrons. The van der Waals surface area contributed by atoms with Crippen molar-refractivity contribution in [1.29, 1.82) is 0 Å². The van der Waals surface area contributed by atoms with Gasteiger partial charge in [0, 0.05) is 22.0 Å². The summed E-state index contributed by atoms with van der Waals surface area (Å²) in [6.07, 6.45) is 0.367. The molecule has 0 aliphatic carbocycles. The Morgan fingerprint density at radius 2 is 1.84 bits per heavy atom. The summed E-state index contributed by atoms with van der Waals surface area (Å²) in [6, 6.07) is 20.1. The molecule has 0 N–H and O–H groups in total. The summed E-state index contributed by atoms with van der Waals surface area (Å²) in [4.78, 5) is 0. The van der Waals surface area contributed by atoms with Crippen molar-refractivity contribution in [2.24, 2.45) is 5.10 Å². The quantitative estimate of drug-likeness (QED) is 0.502. The molecule has 3 aliphatic heterocycles. The summed E-state index contributed by atoms with van der Waals surface area (Å²) in [5.74, 6) is 3.16. The lowest BCUT2D eigenvalue weighted by atomic mass is 9.95. The predicted octanol–water partition coefficient (Wildman–Crippen LogP) is 5.43. The Morgan fingerprint density at radius 1 is 0.968 bits per heavy atom. The van der Waals surface area contributed by atoms with Crippen LogP contribution in [0.2, 0.25) is 0 Å². The molecule has 3 heterocycles. The van der Waals surface area contributed by atoms with Gasteiger partial charge in [0.1, 0.15) is 11.5 Å². The Bertz CT molecular complexity index is 1210. The lowest BCUT2D eigenvalue weighted by Gasteiger charge is -2.38. The third kappa shape index (κ3) is 3.03. The van der Waals surface area contributed by atoms with Crippen LogP contribution in [-0.2, 0) is 0 Å². The molecule has 0 saturated heterocycles. The molecule has 6 rings (SSSR count). The smallest absolute Gasteiger partial charge is 0.231 e. The van der Waals surface area contributed by atoms with Crippen LogP contribution in [0.5, 0.6) is 23.0 Å². The number of rotatable bonds is 3. The molecule has 3 aromatic rings. The van der Waals surface area contributed by atoms with Gasteiger partial charge in [0.2, 0.25) is 13.0 Å². The summed E-state index contributed by atoms with van der Waals surface area (Å²) in [6.45, 7) is 0.256. The number of benzene rings is 3. The molecule has 156 valence electrons. The highest BCUT2D eigenvalue weighted by Crippen LogP contribution is 2.49. The molecule has 0 aromatic heterocycles. The second-order valence-electron chi connectivity index (χ2n) is 7.61. The second kappa shape index (κ2) is 7.20. The van der Waals surface area contributed by atoms with E-state index in [2.05, 4.69) is 22.0 Å². The molecule has 0 spiro atoms. The van der Waals surface area contributed by atoms with E-state index in [4.69, 9.17) is 24.0 Å². The van der Waals surface area contributed by atoms with Crippen molar-refractivity contribution < 1.29 is 18.9 Å². The van der Waals surface area contributed by atoms with Gasteiger partial charge < -0.3 is 18.9 Å². The Morgan fingerprint density at radius 3 is 2.74 bits per heavy atom. The topological polar surface area (TPSA) is 52.5 Å². The molecule has 7 heteroatoms. The van der Waals surface area contributed by atoms with Gasteiger partial charge in [-0.1, -0.05) is 34.1 Å². The van der Waals surface area contributed by atoms with Gasteiger partial charge >= 0.3 is 0 Å². The Labute approximate surface area is 188 Å². The van der Waals surface area contributed by atoms with E-state index >= 15 is 0 Å². The van der Waals surface area contributed by atoms with E-state index in [0.717, 1.165) is 56.3 Å². The lowest BCUT2D eigenvalue weighted by molar-refractivity contribution is -0.0203. The first-order valence-electron chi connectivity index (χ1n) is 10.1. The third-order valence-corrected chi connectivity index (χ3v) is 6.36. The van der Waals surface area contributed by atoms with Crippen LogP contribution >= 0.6 is 15.9 Å². The second-order valence-corrected chi connectivity index (χ2v) is 8.52. The zero-order chi connectivity index (χ0) is 20.9. The number of para-hydroxylation sites is 1. The Hall–Kier alpha value is -3.19. The van der Waals surface area contributed by atoms with Gasteiger partial charge in [0.05, 0.1) is 24.4 Å². The van der Waals surface area contributed by atoms with Crippen LogP contribution in [0.1, 0.15) is 35.4 Å². The van der Waals surface area contributed by atoms with E-state index in [1.165, 1.54) is 0 Å². The van der Waals surface area contributed by atoms with Gasteiger partial charge in [-0.25, -0.2) is 5.01 Å². The van der Waals surface area contributed by atoms with Crippen LogP contribution in [0.3, 0.4) is 0 Å². The zero-order valence-corrected chi connectivity index (χ0v) is 18.3. The summed E-state index contributed by atoms with van der Waals surface area (Å²) in [5, 5.41) is 7.07. The summed E-state index contributed by atoms with van der Waals surface area (Å²) in [5.41, 5.74) is 4.07. The zero-order valence-electron chi connectivity index (χ0n) is 16.7. The van der Waals surface area contributed by atoms with E-state index in [9.17, 15) is 0 Å². The van der Waals surface area contributed by atoms with Gasteiger partial charge in [-0.2, -0.15) is 5.10 Å². The summed E-state index contributed by atoms with van der Waals surface area (Å²) >= 11 is 3.58. The maximum absolute atomic E-state index is 6.46. The van der Waals surface area contributed by atoms with E-state index in [0.29, 0.717) is 0 Å². The number of hydrogen-bond donors (Lipinski definition) is 0. The van der Waals surface area contributed by atoms with Gasteiger partial charge in [-0.05, 0) is 42.5 Å². The lowest BCUT2D eigenvalue weighted by Crippen LogP contribution is -2.33. The minimum atomic E-state index is -0.404. The Balaban J connectivity index is 1.46. The molecule has 0 fully saturated rings. The van der Waals surface area contributed by atoms with Crippen molar-refractivity contribution in [3.63, 3.8) is 0 Å². The average Bonchev–Trinajstić information content (AvgIpc) is 3.45. The van der Waals surface area contributed by atoms with Crippen molar-refractivity contribution in [3.8, 4) is 23.0 Å². The number of nitrogens with zero attached hydrogens (tertiary/aromatic N) is 2. The van der Waals surface area contributed by atoms with Gasteiger partial charge in [0.25, 0.3) is 0 Å². The van der Waals surface area contributed by atoms with Crippen molar-refractivity contribution in [2.45, 2.75) is 18.7 Å². The third-order valence-electron chi connectivity index (χ3n) is 5.86. The van der Waals surface area contributed by atoms with Crippen molar-refractivity contribution in [2.75, 3.05) is 13.9 Å². The molecule has 3 aliphatic rings. The highest BCUT2D eigenvalue weighted by atomic mass is 79.9. The SMILES string of the molecule is COc1ccc(Br)cc1C1Oc2ccccc2C2CC(c3ccc4c(c3)OCO4)=NN21. The number of hydrogen-bond acceptors (Lipinski definition) is 6. The van der Waals surface area contributed by atoms with Crippen LogP contribution in [0, 0.1) is 0 Å². The fourth-order valence-electron chi connectivity index (χ4n) is 4.39. The maximum atomic E-state index is 6.46. The fraction of sp³-hybridized carbons (Fsp3) is 0.208. The molecular formula is C24H19BrN2O4. The Kier molecular flexibility index (Phi) is 4.31. The van der Waals surface area contributed by atoms with Crippen LogP contribution in [0.25, 0.3) is 0 Å². The number of halogens is 1. The minimum Gasteiger partial charge on any atom is -0.496 e. The van der Waals surface area contributed by atoms with Crippen LogP contribution < -0.4 is 18.9 Å². The molecule has 2 atom stereocenters. The van der Waals surface area contributed by atoms with Crippen molar-refractivity contribution in [3.05, 3.63) is 81.8 Å². The van der Waals surface area contributed by atoms with Crippen molar-refractivity contribution >= 4 is 21.6 Å². The molecular weight excluding hydrogens is 460 g/mol. The highest BCUT2D eigenvalue weighted by Gasteiger charge is 2.42.